The van der Waals surface area contributed by atoms with Gasteiger partial charge in [0.1, 0.15) is 11.5 Å². The zero-order chi connectivity index (χ0) is 16.2. The fourth-order valence-corrected chi connectivity index (χ4v) is 3.20. The Morgan fingerprint density at radius 1 is 1.35 bits per heavy atom. The van der Waals surface area contributed by atoms with Gasteiger partial charge in [-0.25, -0.2) is 4.98 Å². The molecule has 0 spiro atoms. The number of hydrogen-bond acceptors (Lipinski definition) is 5. The number of thioether (sulfide) groups is 1. The predicted octanol–water partition coefficient (Wildman–Crippen LogP) is 1.91. The Morgan fingerprint density at radius 2 is 2.13 bits per heavy atom. The second-order valence-corrected chi connectivity index (χ2v) is 6.37. The van der Waals surface area contributed by atoms with Gasteiger partial charge in [0.25, 0.3) is 5.91 Å². The summed E-state index contributed by atoms with van der Waals surface area (Å²) < 4.78 is 0. The molecule has 0 atom stereocenters. The van der Waals surface area contributed by atoms with Gasteiger partial charge >= 0.3 is 0 Å². The molecule has 0 aliphatic carbocycles. The van der Waals surface area contributed by atoms with Crippen molar-refractivity contribution in [2.45, 2.75) is 31.3 Å². The topological polar surface area (TPSA) is 94.7 Å². The minimum atomic E-state index is -0.0467. The van der Waals surface area contributed by atoms with E-state index in [9.17, 15) is 9.59 Å². The molecule has 0 aromatic carbocycles. The van der Waals surface area contributed by atoms with E-state index in [1.54, 1.807) is 12.3 Å². The van der Waals surface area contributed by atoms with Crippen LogP contribution in [-0.4, -0.2) is 55.6 Å². The molecule has 2 N–H and O–H groups in total. The molecule has 122 valence electrons. The maximum absolute atomic E-state index is 12.3. The number of ketones is 1. The Bertz CT molecular complexity index is 702. The minimum Gasteiger partial charge on any atom is -0.356 e. The van der Waals surface area contributed by atoms with Crippen LogP contribution in [0.1, 0.15) is 46.4 Å². The standard InChI is InChI=1S/C15H19N5O2S/c1-2-13-17-15(19-18-13)23-9-12(21)10-7-11(16-8-10)14(22)20-5-3-4-6-20/h7-8,16H,2-6,9H2,1H3,(H,17,18,19). The summed E-state index contributed by atoms with van der Waals surface area (Å²) in [5.74, 6) is 0.973. The lowest BCUT2D eigenvalue weighted by Crippen LogP contribution is -2.27. The number of aryl methyl sites for hydroxylation is 1. The van der Waals surface area contributed by atoms with Gasteiger partial charge in [0.15, 0.2) is 5.78 Å². The molecule has 1 aliphatic rings. The van der Waals surface area contributed by atoms with Gasteiger partial charge in [-0.15, -0.1) is 5.10 Å². The third kappa shape index (κ3) is 3.64. The van der Waals surface area contributed by atoms with E-state index in [0.717, 1.165) is 38.2 Å². The molecule has 1 saturated heterocycles. The molecule has 0 bridgehead atoms. The molecule has 2 aromatic heterocycles. The molecule has 1 amide bonds. The number of likely N-dealkylation sites (tertiary alicyclic amines) is 1. The first-order valence-electron chi connectivity index (χ1n) is 7.72. The first-order valence-corrected chi connectivity index (χ1v) is 8.71. The van der Waals surface area contributed by atoms with Gasteiger partial charge in [0.05, 0.1) is 5.75 Å². The predicted molar refractivity (Wildman–Crippen MR) is 86.7 cm³/mol. The van der Waals surface area contributed by atoms with Crippen molar-refractivity contribution in [3.8, 4) is 0 Å². The maximum atomic E-state index is 12.3. The van der Waals surface area contributed by atoms with Crippen LogP contribution in [0.15, 0.2) is 17.4 Å². The summed E-state index contributed by atoms with van der Waals surface area (Å²) in [5, 5.41) is 7.43. The molecule has 1 fully saturated rings. The number of carbonyl (C=O) groups is 2. The van der Waals surface area contributed by atoms with Crippen molar-refractivity contribution in [1.82, 2.24) is 25.1 Å². The van der Waals surface area contributed by atoms with E-state index in [1.165, 1.54) is 11.8 Å². The molecular formula is C15H19N5O2S. The summed E-state index contributed by atoms with van der Waals surface area (Å²) >= 11 is 1.29. The van der Waals surface area contributed by atoms with Crippen molar-refractivity contribution in [2.75, 3.05) is 18.8 Å². The molecule has 0 unspecified atom stereocenters. The van der Waals surface area contributed by atoms with Gasteiger partial charge in [-0.2, -0.15) is 0 Å². The van der Waals surface area contributed by atoms with E-state index in [1.807, 2.05) is 11.8 Å². The molecule has 7 nitrogen and oxygen atoms in total. The molecule has 0 radical (unpaired) electrons. The van der Waals surface area contributed by atoms with Crippen molar-refractivity contribution in [1.29, 1.82) is 0 Å². The van der Waals surface area contributed by atoms with Crippen LogP contribution in [0, 0.1) is 0 Å². The Balaban J connectivity index is 1.58. The minimum absolute atomic E-state index is 0.0317. The number of nitrogens with one attached hydrogen (secondary N) is 2. The molecule has 8 heteroatoms. The lowest BCUT2D eigenvalue weighted by Gasteiger charge is -2.13. The van der Waals surface area contributed by atoms with Gasteiger partial charge in [-0.05, 0) is 18.9 Å². The van der Waals surface area contributed by atoms with Crippen molar-refractivity contribution < 1.29 is 9.59 Å². The monoisotopic (exact) mass is 333 g/mol. The zero-order valence-corrected chi connectivity index (χ0v) is 13.8. The quantitative estimate of drug-likeness (QED) is 0.622. The van der Waals surface area contributed by atoms with E-state index < -0.39 is 0 Å². The number of hydrogen-bond donors (Lipinski definition) is 2. The van der Waals surface area contributed by atoms with Crippen molar-refractivity contribution in [2.24, 2.45) is 0 Å². The van der Waals surface area contributed by atoms with Crippen LogP contribution in [0.5, 0.6) is 0 Å². The zero-order valence-electron chi connectivity index (χ0n) is 13.0. The Labute approximate surface area is 138 Å². The number of H-pyrrole nitrogens is 2. The number of nitrogens with zero attached hydrogens (tertiary/aromatic N) is 3. The van der Waals surface area contributed by atoms with Crippen molar-refractivity contribution >= 4 is 23.5 Å². The highest BCUT2D eigenvalue weighted by molar-refractivity contribution is 7.99. The average molecular weight is 333 g/mol. The smallest absolute Gasteiger partial charge is 0.270 e. The van der Waals surface area contributed by atoms with Gasteiger partial charge in [-0.3, -0.25) is 14.7 Å². The molecule has 3 heterocycles. The van der Waals surface area contributed by atoms with Crippen LogP contribution in [0.4, 0.5) is 0 Å². The van der Waals surface area contributed by atoms with Crippen LogP contribution in [-0.2, 0) is 6.42 Å². The fourth-order valence-electron chi connectivity index (χ4n) is 2.48. The van der Waals surface area contributed by atoms with Gasteiger partial charge in [0.2, 0.25) is 5.16 Å². The number of rotatable bonds is 6. The van der Waals surface area contributed by atoms with Gasteiger partial charge < -0.3 is 9.88 Å². The number of aromatic nitrogens is 4. The number of carbonyl (C=O) groups excluding carboxylic acids is 2. The lowest BCUT2D eigenvalue weighted by atomic mass is 10.2. The van der Waals surface area contributed by atoms with E-state index in [-0.39, 0.29) is 17.4 Å². The van der Waals surface area contributed by atoms with Crippen molar-refractivity contribution in [3.05, 3.63) is 29.3 Å². The molecule has 1 aliphatic heterocycles. The second kappa shape index (κ2) is 6.99. The number of Topliss-reactive ketones (excluding diaryl/α,β-unsaturated/α-hetero) is 1. The van der Waals surface area contributed by atoms with Crippen LogP contribution in [0.2, 0.25) is 0 Å². The Morgan fingerprint density at radius 3 is 2.83 bits per heavy atom. The van der Waals surface area contributed by atoms with Gasteiger partial charge in [-0.1, -0.05) is 18.7 Å². The van der Waals surface area contributed by atoms with Crippen LogP contribution >= 0.6 is 11.8 Å². The highest BCUT2D eigenvalue weighted by atomic mass is 32.2. The Hall–Kier alpha value is -2.09. The van der Waals surface area contributed by atoms with Crippen LogP contribution in [0.25, 0.3) is 0 Å². The van der Waals surface area contributed by atoms with E-state index in [2.05, 4.69) is 20.2 Å². The summed E-state index contributed by atoms with van der Waals surface area (Å²) in [6.07, 6.45) is 4.47. The summed E-state index contributed by atoms with van der Waals surface area (Å²) in [4.78, 5) is 33.5. The summed E-state index contributed by atoms with van der Waals surface area (Å²) in [6.45, 7) is 3.57. The van der Waals surface area contributed by atoms with Gasteiger partial charge in [0, 0.05) is 31.3 Å². The second-order valence-electron chi connectivity index (χ2n) is 5.43. The molecule has 23 heavy (non-hydrogen) atoms. The largest absolute Gasteiger partial charge is 0.356 e. The third-order valence-corrected chi connectivity index (χ3v) is 4.65. The average Bonchev–Trinajstić information content (AvgIpc) is 3.33. The number of aromatic amines is 2. The Kier molecular flexibility index (Phi) is 4.80. The first-order chi connectivity index (χ1) is 11.2. The van der Waals surface area contributed by atoms with E-state index >= 15 is 0 Å². The molecule has 2 aromatic rings. The fraction of sp³-hybridized carbons (Fsp3) is 0.467. The van der Waals surface area contributed by atoms with Crippen LogP contribution in [0.3, 0.4) is 0 Å². The van der Waals surface area contributed by atoms with E-state index in [0.29, 0.717) is 16.4 Å². The maximum Gasteiger partial charge on any atom is 0.270 e. The SMILES string of the molecule is CCc1nc(SCC(=O)c2c[nH]c(C(=O)N3CCCC3)c2)n[nH]1. The summed E-state index contributed by atoms with van der Waals surface area (Å²) in [7, 11) is 0. The molecule has 3 rings (SSSR count). The number of amides is 1. The normalized spacial score (nSPS) is 14.4. The third-order valence-electron chi connectivity index (χ3n) is 3.81. The highest BCUT2D eigenvalue weighted by Gasteiger charge is 2.21. The first kappa shape index (κ1) is 15.8. The summed E-state index contributed by atoms with van der Waals surface area (Å²) in [5.41, 5.74) is 0.998. The molecule has 0 saturated carbocycles. The molecular weight excluding hydrogens is 314 g/mol. The van der Waals surface area contributed by atoms with E-state index in [4.69, 9.17) is 0 Å². The lowest BCUT2D eigenvalue weighted by molar-refractivity contribution is 0.0787. The van der Waals surface area contributed by atoms with Crippen molar-refractivity contribution in [3.63, 3.8) is 0 Å². The highest BCUT2D eigenvalue weighted by Crippen LogP contribution is 2.17. The van der Waals surface area contributed by atoms with Crippen LogP contribution < -0.4 is 0 Å². The summed E-state index contributed by atoms with van der Waals surface area (Å²) in [6, 6.07) is 1.64.